The zero-order chi connectivity index (χ0) is 17.5. The van der Waals surface area contributed by atoms with Crippen molar-refractivity contribution in [3.05, 3.63) is 64.1 Å². The van der Waals surface area contributed by atoms with Crippen molar-refractivity contribution in [3.8, 4) is 0 Å². The second-order valence-corrected chi connectivity index (χ2v) is 6.32. The lowest BCUT2D eigenvalue weighted by Crippen LogP contribution is -2.34. The Bertz CT molecular complexity index is 727. The number of carbonyl (C=O) groups is 2. The van der Waals surface area contributed by atoms with Crippen molar-refractivity contribution in [2.24, 2.45) is 0 Å². The number of anilines is 1. The van der Waals surface area contributed by atoms with Crippen LogP contribution in [0.1, 0.15) is 47.4 Å². The molecule has 2 N–H and O–H groups in total. The Labute approximate surface area is 150 Å². The van der Waals surface area contributed by atoms with E-state index >= 15 is 0 Å². The van der Waals surface area contributed by atoms with Crippen LogP contribution in [0.5, 0.6) is 0 Å². The first-order chi connectivity index (χ1) is 11.6. The number of hydrogen-bond acceptors (Lipinski definition) is 2. The van der Waals surface area contributed by atoms with Gasteiger partial charge in [0.25, 0.3) is 11.8 Å². The minimum absolute atomic E-state index is 0.129. The number of halogens is 1. The maximum atomic E-state index is 12.5. The molecule has 126 valence electrons. The van der Waals surface area contributed by atoms with Crippen molar-refractivity contribution in [1.29, 1.82) is 0 Å². The van der Waals surface area contributed by atoms with Gasteiger partial charge in [0.15, 0.2) is 0 Å². The number of carbonyl (C=O) groups excluding carboxylic acids is 2. The van der Waals surface area contributed by atoms with Gasteiger partial charge in [-0.1, -0.05) is 38.1 Å². The Morgan fingerprint density at radius 1 is 0.917 bits per heavy atom. The third-order valence-corrected chi connectivity index (χ3v) is 4.55. The summed E-state index contributed by atoms with van der Waals surface area (Å²) in [6.45, 7) is 4.07. The fraction of sp³-hybridized carbons (Fsp3) is 0.263. The molecule has 0 aromatic heterocycles. The van der Waals surface area contributed by atoms with E-state index in [4.69, 9.17) is 0 Å². The summed E-state index contributed by atoms with van der Waals surface area (Å²) in [6.07, 6.45) is 1.74. The van der Waals surface area contributed by atoms with Crippen molar-refractivity contribution >= 4 is 33.4 Å². The molecule has 24 heavy (non-hydrogen) atoms. The van der Waals surface area contributed by atoms with E-state index in [0.717, 1.165) is 12.8 Å². The first-order valence-corrected chi connectivity index (χ1v) is 8.81. The van der Waals surface area contributed by atoms with Gasteiger partial charge < -0.3 is 10.6 Å². The highest BCUT2D eigenvalue weighted by Gasteiger charge is 2.17. The molecule has 0 spiro atoms. The van der Waals surface area contributed by atoms with Crippen LogP contribution in [0.15, 0.2) is 53.0 Å². The molecular formula is C19H21BrN2O2. The largest absolute Gasteiger partial charge is 0.349 e. The molecule has 2 amide bonds. The number of rotatable bonds is 6. The number of hydrogen-bond donors (Lipinski definition) is 2. The van der Waals surface area contributed by atoms with Gasteiger partial charge in [-0.3, -0.25) is 9.59 Å². The molecule has 0 aliphatic rings. The second kappa shape index (κ2) is 8.64. The van der Waals surface area contributed by atoms with Crippen LogP contribution >= 0.6 is 15.9 Å². The van der Waals surface area contributed by atoms with E-state index in [-0.39, 0.29) is 17.9 Å². The predicted molar refractivity (Wildman–Crippen MR) is 100 cm³/mol. The maximum Gasteiger partial charge on any atom is 0.256 e. The summed E-state index contributed by atoms with van der Waals surface area (Å²) in [5.74, 6) is -0.433. The Morgan fingerprint density at radius 2 is 1.50 bits per heavy atom. The third kappa shape index (κ3) is 4.45. The molecule has 0 fully saturated rings. The normalized spacial score (nSPS) is 10.5. The summed E-state index contributed by atoms with van der Waals surface area (Å²) in [5.41, 5.74) is 1.49. The highest BCUT2D eigenvalue weighted by molar-refractivity contribution is 9.10. The summed E-state index contributed by atoms with van der Waals surface area (Å²) < 4.78 is 0.710. The first-order valence-electron chi connectivity index (χ1n) is 8.02. The lowest BCUT2D eigenvalue weighted by Gasteiger charge is -2.17. The summed E-state index contributed by atoms with van der Waals surface area (Å²) in [4.78, 5) is 25.0. The Kier molecular flexibility index (Phi) is 6.55. The predicted octanol–water partition coefficient (Wildman–Crippen LogP) is 4.62. The summed E-state index contributed by atoms with van der Waals surface area (Å²) in [5, 5.41) is 5.83. The zero-order valence-corrected chi connectivity index (χ0v) is 15.4. The highest BCUT2D eigenvalue weighted by Crippen LogP contribution is 2.20. The first kappa shape index (κ1) is 18.2. The van der Waals surface area contributed by atoms with Crippen LogP contribution in [0.4, 0.5) is 5.69 Å². The molecule has 0 unspecified atom stereocenters. The van der Waals surface area contributed by atoms with Crippen LogP contribution in [0.25, 0.3) is 0 Å². The van der Waals surface area contributed by atoms with Crippen LogP contribution in [-0.2, 0) is 0 Å². The van der Waals surface area contributed by atoms with Gasteiger partial charge in [0.05, 0.1) is 16.8 Å². The lowest BCUT2D eigenvalue weighted by molar-refractivity contribution is 0.0935. The van der Waals surface area contributed by atoms with E-state index in [9.17, 15) is 9.59 Å². The molecule has 0 radical (unpaired) electrons. The molecule has 2 aromatic carbocycles. The van der Waals surface area contributed by atoms with Gasteiger partial charge in [-0.2, -0.15) is 0 Å². The fourth-order valence-corrected chi connectivity index (χ4v) is 2.85. The van der Waals surface area contributed by atoms with Crippen LogP contribution < -0.4 is 10.6 Å². The summed E-state index contributed by atoms with van der Waals surface area (Å²) in [7, 11) is 0. The zero-order valence-electron chi connectivity index (χ0n) is 13.8. The molecule has 2 rings (SSSR count). The van der Waals surface area contributed by atoms with E-state index in [1.54, 1.807) is 42.5 Å². The van der Waals surface area contributed by atoms with Gasteiger partial charge in [-0.15, -0.1) is 0 Å². The van der Waals surface area contributed by atoms with Crippen molar-refractivity contribution < 1.29 is 9.59 Å². The molecule has 2 aromatic rings. The van der Waals surface area contributed by atoms with Gasteiger partial charge in [0.2, 0.25) is 0 Å². The van der Waals surface area contributed by atoms with E-state index in [1.807, 2.05) is 19.9 Å². The quantitative estimate of drug-likeness (QED) is 0.758. The fourth-order valence-electron chi connectivity index (χ4n) is 2.38. The average molecular weight is 389 g/mol. The van der Waals surface area contributed by atoms with E-state index in [2.05, 4.69) is 26.6 Å². The Morgan fingerprint density at radius 3 is 2.12 bits per heavy atom. The number of amides is 2. The molecule has 0 saturated heterocycles. The smallest absolute Gasteiger partial charge is 0.256 e. The van der Waals surface area contributed by atoms with Gasteiger partial charge in [0.1, 0.15) is 0 Å². The van der Waals surface area contributed by atoms with Crippen LogP contribution in [0, 0.1) is 0 Å². The molecule has 0 aliphatic carbocycles. The van der Waals surface area contributed by atoms with Gasteiger partial charge in [0, 0.05) is 10.5 Å². The monoisotopic (exact) mass is 388 g/mol. The number of nitrogens with one attached hydrogen (secondary N) is 2. The molecule has 0 atom stereocenters. The third-order valence-electron chi connectivity index (χ3n) is 3.86. The lowest BCUT2D eigenvalue weighted by atomic mass is 10.1. The van der Waals surface area contributed by atoms with Crippen molar-refractivity contribution in [2.45, 2.75) is 32.7 Å². The van der Waals surface area contributed by atoms with E-state index in [0.29, 0.717) is 21.3 Å². The molecule has 0 bridgehead atoms. The number of benzene rings is 2. The van der Waals surface area contributed by atoms with Crippen molar-refractivity contribution in [3.63, 3.8) is 0 Å². The molecule has 0 aliphatic heterocycles. The minimum atomic E-state index is -0.259. The standard InChI is InChI=1S/C19H21BrN2O2/c1-3-13(4-2)21-19(24)15-10-6-8-12-17(15)22-18(23)14-9-5-7-11-16(14)20/h5-13H,3-4H2,1-2H3,(H,21,24)(H,22,23). The van der Waals surface area contributed by atoms with Crippen LogP contribution in [0.3, 0.4) is 0 Å². The molecular weight excluding hydrogens is 368 g/mol. The average Bonchev–Trinajstić information content (AvgIpc) is 2.60. The molecule has 0 saturated carbocycles. The summed E-state index contributed by atoms with van der Waals surface area (Å²) >= 11 is 3.37. The van der Waals surface area contributed by atoms with Crippen molar-refractivity contribution in [1.82, 2.24) is 5.32 Å². The molecule has 0 heterocycles. The SMILES string of the molecule is CCC(CC)NC(=O)c1ccccc1NC(=O)c1ccccc1Br. The minimum Gasteiger partial charge on any atom is -0.349 e. The van der Waals surface area contributed by atoms with Crippen LogP contribution in [0.2, 0.25) is 0 Å². The molecule has 5 heteroatoms. The van der Waals surface area contributed by atoms with Gasteiger partial charge >= 0.3 is 0 Å². The Balaban J connectivity index is 2.21. The maximum absolute atomic E-state index is 12.5. The topological polar surface area (TPSA) is 58.2 Å². The summed E-state index contributed by atoms with van der Waals surface area (Å²) in [6, 6.07) is 14.3. The van der Waals surface area contributed by atoms with E-state index < -0.39 is 0 Å². The second-order valence-electron chi connectivity index (χ2n) is 5.47. The highest BCUT2D eigenvalue weighted by atomic mass is 79.9. The van der Waals surface area contributed by atoms with Crippen LogP contribution in [-0.4, -0.2) is 17.9 Å². The van der Waals surface area contributed by atoms with Gasteiger partial charge in [-0.25, -0.2) is 0 Å². The number of para-hydroxylation sites is 1. The van der Waals surface area contributed by atoms with Crippen molar-refractivity contribution in [2.75, 3.05) is 5.32 Å². The Hall–Kier alpha value is -2.14. The molecule has 4 nitrogen and oxygen atoms in total. The van der Waals surface area contributed by atoms with E-state index in [1.165, 1.54) is 0 Å². The van der Waals surface area contributed by atoms with Gasteiger partial charge in [-0.05, 0) is 53.0 Å².